The number of benzene rings is 1. The molecular formula is C27H37N5O5SSi. The summed E-state index contributed by atoms with van der Waals surface area (Å²) in [4.78, 5) is 4.32. The highest BCUT2D eigenvalue weighted by Crippen LogP contribution is 2.41. The summed E-state index contributed by atoms with van der Waals surface area (Å²) in [7, 11) is -0.368. The third-order valence-electron chi connectivity index (χ3n) is 7.40. The van der Waals surface area contributed by atoms with E-state index in [9.17, 15) is 13.5 Å². The van der Waals surface area contributed by atoms with Gasteiger partial charge in [0.15, 0.2) is 5.82 Å². The highest BCUT2D eigenvalue weighted by atomic mass is 32.2. The molecule has 3 atom stereocenters. The topological polar surface area (TPSA) is 120 Å². The van der Waals surface area contributed by atoms with Gasteiger partial charge in [0.25, 0.3) is 0 Å². The second kappa shape index (κ2) is 12.5. The number of aromatic nitrogens is 4. The third kappa shape index (κ3) is 5.97. The Labute approximate surface area is 233 Å². The van der Waals surface area contributed by atoms with Crippen molar-refractivity contribution in [3.8, 4) is 28.6 Å². The number of methoxy groups -OCH3 is 2. The van der Waals surface area contributed by atoms with E-state index in [1.807, 2.05) is 19.5 Å². The summed E-state index contributed by atoms with van der Waals surface area (Å²) in [5, 5.41) is 19.9. The molecule has 39 heavy (non-hydrogen) atoms. The highest BCUT2D eigenvalue weighted by Gasteiger charge is 2.39. The van der Waals surface area contributed by atoms with E-state index in [4.69, 9.17) is 9.47 Å². The first-order valence-corrected chi connectivity index (χ1v) is 16.5. The van der Waals surface area contributed by atoms with E-state index < -0.39 is 16.1 Å². The molecule has 0 aliphatic heterocycles. The van der Waals surface area contributed by atoms with Crippen LogP contribution in [0.2, 0.25) is 12.6 Å². The SMILES string of the molecule is CCC1CCC1[C@@H](O)CS(=O)(=O)N(CC[Si]C)c1nnc(-c2cncc(C)c2)n1-c1c(OC)cccc1OC. The maximum absolute atomic E-state index is 14.0. The molecule has 10 nitrogen and oxygen atoms in total. The Hall–Kier alpha value is -2.96. The molecule has 210 valence electrons. The van der Waals surface area contributed by atoms with Crippen molar-refractivity contribution in [2.24, 2.45) is 11.8 Å². The molecule has 0 bridgehead atoms. The van der Waals surface area contributed by atoms with E-state index in [0.717, 1.165) is 24.8 Å². The van der Waals surface area contributed by atoms with Gasteiger partial charge in [0, 0.05) is 34.0 Å². The van der Waals surface area contributed by atoms with Crippen molar-refractivity contribution < 1.29 is 23.0 Å². The number of hydrogen-bond acceptors (Lipinski definition) is 8. The molecular weight excluding hydrogens is 534 g/mol. The van der Waals surface area contributed by atoms with Crippen molar-refractivity contribution in [3.05, 3.63) is 42.2 Å². The van der Waals surface area contributed by atoms with Gasteiger partial charge in [-0.1, -0.05) is 26.0 Å². The van der Waals surface area contributed by atoms with Crippen LogP contribution in [-0.4, -0.2) is 75.4 Å². The van der Waals surface area contributed by atoms with Crippen LogP contribution in [0.15, 0.2) is 36.7 Å². The molecule has 1 N–H and O–H groups in total. The van der Waals surface area contributed by atoms with Crippen molar-refractivity contribution >= 4 is 25.5 Å². The normalized spacial score (nSPS) is 17.9. The number of para-hydroxylation sites is 1. The number of aliphatic hydroxyl groups excluding tert-OH is 1. The molecule has 1 aliphatic rings. The fourth-order valence-corrected chi connectivity index (χ4v) is 7.38. The number of anilines is 1. The van der Waals surface area contributed by atoms with Crippen LogP contribution in [0.3, 0.4) is 0 Å². The number of aryl methyl sites for hydroxylation is 1. The maximum atomic E-state index is 14.0. The molecule has 1 aromatic carbocycles. The fraction of sp³-hybridized carbons (Fsp3) is 0.519. The molecule has 1 aliphatic carbocycles. The summed E-state index contributed by atoms with van der Waals surface area (Å²) >= 11 is 0. The number of rotatable bonds is 13. The summed E-state index contributed by atoms with van der Waals surface area (Å²) in [6.45, 7) is 6.23. The standard InChI is InChI=1S/C27H37N5O5SSi/c1-6-19-10-11-21(19)22(33)17-38(34,35)31(12-13-39-5)27-30-29-26(20-14-18(2)15-28-16-20)32(27)25-23(36-3)8-7-9-24(25)37-4/h7-9,14-16,19,21-22,33H,6,10-13,17H2,1-5H3/t19?,21?,22-/m0/s1. The third-order valence-corrected chi connectivity index (χ3v) is 9.91. The Morgan fingerprint density at radius 2 is 1.90 bits per heavy atom. The van der Waals surface area contributed by atoms with Crippen molar-refractivity contribution in [2.75, 3.05) is 30.8 Å². The van der Waals surface area contributed by atoms with Gasteiger partial charge >= 0.3 is 0 Å². The lowest BCUT2D eigenvalue weighted by Gasteiger charge is -2.39. The number of hydrogen-bond donors (Lipinski definition) is 1. The van der Waals surface area contributed by atoms with Crippen molar-refractivity contribution in [1.82, 2.24) is 19.7 Å². The van der Waals surface area contributed by atoms with Crippen LogP contribution < -0.4 is 13.8 Å². The van der Waals surface area contributed by atoms with Gasteiger partial charge in [0.05, 0.1) is 26.1 Å². The molecule has 3 aromatic rings. The minimum atomic E-state index is -3.98. The molecule has 2 aromatic heterocycles. The molecule has 12 heteroatoms. The van der Waals surface area contributed by atoms with Crippen molar-refractivity contribution in [2.45, 2.75) is 51.8 Å². The van der Waals surface area contributed by atoms with Gasteiger partial charge in [-0.15, -0.1) is 10.2 Å². The number of pyridine rings is 1. The molecule has 4 rings (SSSR count). The predicted octanol–water partition coefficient (Wildman–Crippen LogP) is 3.76. The van der Waals surface area contributed by atoms with Gasteiger partial charge in [-0.05, 0) is 61.4 Å². The van der Waals surface area contributed by atoms with E-state index >= 15 is 0 Å². The monoisotopic (exact) mass is 571 g/mol. The molecule has 1 saturated carbocycles. The first kappa shape index (κ1) is 29.0. The largest absolute Gasteiger partial charge is 0.494 e. The summed E-state index contributed by atoms with van der Waals surface area (Å²) in [6.07, 6.45) is 5.24. The van der Waals surface area contributed by atoms with E-state index in [-0.39, 0.29) is 24.2 Å². The van der Waals surface area contributed by atoms with Gasteiger partial charge < -0.3 is 14.6 Å². The van der Waals surface area contributed by atoms with Crippen molar-refractivity contribution in [3.63, 3.8) is 0 Å². The van der Waals surface area contributed by atoms with E-state index in [2.05, 4.69) is 22.1 Å². The van der Waals surface area contributed by atoms with Crippen LogP contribution in [0.4, 0.5) is 5.95 Å². The van der Waals surface area contributed by atoms with Crippen LogP contribution in [0, 0.1) is 18.8 Å². The zero-order valence-electron chi connectivity index (χ0n) is 23.2. The summed E-state index contributed by atoms with van der Waals surface area (Å²) in [5.41, 5.74) is 2.06. The Kier molecular flexibility index (Phi) is 9.29. The van der Waals surface area contributed by atoms with Gasteiger partial charge in [-0.25, -0.2) is 12.7 Å². The van der Waals surface area contributed by atoms with Crippen molar-refractivity contribution in [1.29, 1.82) is 0 Å². The van der Waals surface area contributed by atoms with Gasteiger partial charge in [0.2, 0.25) is 16.0 Å². The maximum Gasteiger partial charge on any atom is 0.246 e. The number of aliphatic hydroxyl groups is 1. The first-order chi connectivity index (χ1) is 18.7. The Morgan fingerprint density at radius 3 is 2.46 bits per heavy atom. The molecule has 2 unspecified atom stereocenters. The number of sulfonamides is 1. The first-order valence-electron chi connectivity index (χ1n) is 13.2. The van der Waals surface area contributed by atoms with Crippen LogP contribution in [0.5, 0.6) is 11.5 Å². The van der Waals surface area contributed by atoms with E-state index in [1.54, 1.807) is 49.4 Å². The molecule has 1 fully saturated rings. The molecule has 0 spiro atoms. The lowest BCUT2D eigenvalue weighted by molar-refractivity contribution is 0.0254. The Balaban J connectivity index is 1.90. The Morgan fingerprint density at radius 1 is 1.18 bits per heavy atom. The zero-order valence-corrected chi connectivity index (χ0v) is 25.0. The Bertz CT molecular complexity index is 1360. The summed E-state index contributed by atoms with van der Waals surface area (Å²) in [6, 6.07) is 7.89. The predicted molar refractivity (Wildman–Crippen MR) is 153 cm³/mol. The van der Waals surface area contributed by atoms with Gasteiger partial charge in [-0.3, -0.25) is 9.55 Å². The van der Waals surface area contributed by atoms with E-state index in [1.165, 1.54) is 4.31 Å². The lowest BCUT2D eigenvalue weighted by Crippen LogP contribution is -2.44. The highest BCUT2D eigenvalue weighted by molar-refractivity contribution is 7.92. The average Bonchev–Trinajstić information content (AvgIpc) is 3.31. The smallest absolute Gasteiger partial charge is 0.246 e. The van der Waals surface area contributed by atoms with Crippen LogP contribution >= 0.6 is 0 Å². The zero-order chi connectivity index (χ0) is 28.2. The fourth-order valence-electron chi connectivity index (χ4n) is 5.17. The van der Waals surface area contributed by atoms with Crippen LogP contribution in [0.25, 0.3) is 17.1 Å². The molecule has 2 heterocycles. The molecule has 0 amide bonds. The van der Waals surface area contributed by atoms with E-state index in [0.29, 0.717) is 50.1 Å². The average molecular weight is 572 g/mol. The minimum Gasteiger partial charge on any atom is -0.494 e. The van der Waals surface area contributed by atoms with Gasteiger partial charge in [0.1, 0.15) is 17.2 Å². The van der Waals surface area contributed by atoms with Gasteiger partial charge in [-0.2, -0.15) is 0 Å². The number of nitrogens with zero attached hydrogens (tertiary/aromatic N) is 5. The second-order valence-corrected chi connectivity index (χ2v) is 13.0. The number of ether oxygens (including phenoxy) is 2. The molecule has 2 radical (unpaired) electrons. The lowest BCUT2D eigenvalue weighted by atomic mass is 9.70. The second-order valence-electron chi connectivity index (χ2n) is 9.85. The summed E-state index contributed by atoms with van der Waals surface area (Å²) < 4.78 is 42.3. The van der Waals surface area contributed by atoms with Crippen LogP contribution in [-0.2, 0) is 10.0 Å². The quantitative estimate of drug-likeness (QED) is 0.308. The summed E-state index contributed by atoms with van der Waals surface area (Å²) in [5.74, 6) is 1.40. The van der Waals surface area contributed by atoms with Crippen LogP contribution in [0.1, 0.15) is 31.7 Å². The minimum absolute atomic E-state index is 0.0132. The molecule has 0 saturated heterocycles.